The zero-order valence-electron chi connectivity index (χ0n) is 9.58. The molecule has 2 rings (SSSR count). The fraction of sp³-hybridized carbons (Fsp3) is 0.0833. The largest absolute Gasteiger partial charge is 0.507 e. The lowest BCUT2D eigenvalue weighted by Crippen LogP contribution is -2.11. The van der Waals surface area contributed by atoms with Crippen LogP contribution in [0.3, 0.4) is 0 Å². The third-order valence-electron chi connectivity index (χ3n) is 2.44. The molecule has 0 saturated heterocycles. The highest BCUT2D eigenvalue weighted by atomic mass is 32.1. The van der Waals surface area contributed by atoms with Crippen LogP contribution in [0.1, 0.15) is 0 Å². The topological polar surface area (TPSA) is 77.2 Å². The second-order valence-corrected chi connectivity index (χ2v) is 3.95. The number of fused-ring (bicyclic) bond motifs is 1. The van der Waals surface area contributed by atoms with Gasteiger partial charge in [-0.05, 0) is 12.2 Å². The molecule has 0 bridgehead atoms. The van der Waals surface area contributed by atoms with Crippen LogP contribution < -0.4 is 5.32 Å². The summed E-state index contributed by atoms with van der Waals surface area (Å²) >= 11 is 4.81. The van der Waals surface area contributed by atoms with Crippen molar-refractivity contribution in [1.82, 2.24) is 5.32 Å². The summed E-state index contributed by atoms with van der Waals surface area (Å²) in [7, 11) is 1.62. The van der Waals surface area contributed by atoms with Crippen LogP contribution in [0.2, 0.25) is 0 Å². The molecule has 2 aromatic carbocycles. The first kappa shape index (κ1) is 12.3. The van der Waals surface area contributed by atoms with E-state index in [2.05, 4.69) is 15.5 Å². The average Bonchev–Trinajstić information content (AvgIpc) is 2.41. The van der Waals surface area contributed by atoms with Crippen molar-refractivity contribution in [1.29, 1.82) is 0 Å². The zero-order chi connectivity index (χ0) is 13.1. The second kappa shape index (κ2) is 4.97. The normalized spacial score (nSPS) is 10.9. The molecule has 0 aromatic heterocycles. The van der Waals surface area contributed by atoms with Gasteiger partial charge in [0.25, 0.3) is 0 Å². The highest BCUT2D eigenvalue weighted by molar-refractivity contribution is 7.80. The summed E-state index contributed by atoms with van der Waals surface area (Å²) in [6.07, 6.45) is 0. The van der Waals surface area contributed by atoms with Crippen molar-refractivity contribution < 1.29 is 10.2 Å². The number of benzene rings is 2. The van der Waals surface area contributed by atoms with Crippen molar-refractivity contribution in [3.05, 3.63) is 30.3 Å². The van der Waals surface area contributed by atoms with Crippen LogP contribution in [-0.2, 0) is 0 Å². The molecule has 0 atom stereocenters. The summed E-state index contributed by atoms with van der Waals surface area (Å²) in [5.74, 6) is -0.00113. The lowest BCUT2D eigenvalue weighted by atomic mass is 10.1. The molecular weight excluding hydrogens is 250 g/mol. The molecule has 0 unspecified atom stereocenters. The predicted molar refractivity (Wildman–Crippen MR) is 73.5 cm³/mol. The SMILES string of the molecule is CNC(=S)N=Nc1cc(O)c2ccccc2c1O. The van der Waals surface area contributed by atoms with E-state index in [1.54, 1.807) is 31.3 Å². The summed E-state index contributed by atoms with van der Waals surface area (Å²) in [5, 5.41) is 31.3. The molecule has 6 heteroatoms. The number of nitrogens with zero attached hydrogens (tertiary/aromatic N) is 2. The molecule has 0 radical (unpaired) electrons. The van der Waals surface area contributed by atoms with E-state index in [0.717, 1.165) is 0 Å². The molecule has 0 spiro atoms. The maximum absolute atomic E-state index is 10.0. The Labute approximate surface area is 109 Å². The number of thiocarbonyl (C=S) groups is 1. The molecule has 0 heterocycles. The predicted octanol–water partition coefficient (Wildman–Crippen LogP) is 2.84. The van der Waals surface area contributed by atoms with Crippen LogP contribution in [0.15, 0.2) is 40.6 Å². The molecule has 18 heavy (non-hydrogen) atoms. The van der Waals surface area contributed by atoms with Gasteiger partial charge in [-0.15, -0.1) is 10.2 Å². The van der Waals surface area contributed by atoms with Crippen LogP contribution in [-0.4, -0.2) is 22.4 Å². The van der Waals surface area contributed by atoms with E-state index in [-0.39, 0.29) is 22.3 Å². The first-order valence-electron chi connectivity index (χ1n) is 5.20. The van der Waals surface area contributed by atoms with Crippen LogP contribution in [0.5, 0.6) is 11.5 Å². The fourth-order valence-corrected chi connectivity index (χ4v) is 1.59. The van der Waals surface area contributed by atoms with Gasteiger partial charge in [-0.25, -0.2) is 0 Å². The Morgan fingerprint density at radius 2 is 1.89 bits per heavy atom. The number of azo groups is 1. The third kappa shape index (κ3) is 2.23. The van der Waals surface area contributed by atoms with E-state index >= 15 is 0 Å². The van der Waals surface area contributed by atoms with Crippen LogP contribution >= 0.6 is 12.2 Å². The Hall–Kier alpha value is -2.21. The lowest BCUT2D eigenvalue weighted by Gasteiger charge is -2.05. The molecule has 0 amide bonds. The van der Waals surface area contributed by atoms with Crippen molar-refractivity contribution in [2.45, 2.75) is 0 Å². The Balaban J connectivity index is 2.56. The molecule has 0 aliphatic heterocycles. The van der Waals surface area contributed by atoms with E-state index in [1.165, 1.54) is 6.07 Å². The Kier molecular flexibility index (Phi) is 3.38. The van der Waals surface area contributed by atoms with E-state index in [4.69, 9.17) is 12.2 Å². The zero-order valence-corrected chi connectivity index (χ0v) is 10.4. The smallest absolute Gasteiger partial charge is 0.213 e. The molecule has 92 valence electrons. The molecule has 0 saturated carbocycles. The monoisotopic (exact) mass is 261 g/mol. The lowest BCUT2D eigenvalue weighted by molar-refractivity contribution is 0.470. The van der Waals surface area contributed by atoms with Gasteiger partial charge in [-0.3, -0.25) is 0 Å². The standard InChI is InChI=1S/C12H11N3O2S/c1-13-12(18)15-14-9-6-10(16)7-4-2-3-5-8(7)11(9)17/h2-6,16-17H,1H3,(H,13,18). The summed E-state index contributed by atoms with van der Waals surface area (Å²) in [5.41, 5.74) is 0.170. The van der Waals surface area contributed by atoms with Crippen LogP contribution in [0.4, 0.5) is 5.69 Å². The maximum atomic E-state index is 10.0. The number of phenols is 2. The summed E-state index contributed by atoms with van der Waals surface area (Å²) < 4.78 is 0. The van der Waals surface area contributed by atoms with Crippen LogP contribution in [0, 0.1) is 0 Å². The van der Waals surface area contributed by atoms with Gasteiger partial charge in [0, 0.05) is 23.9 Å². The molecule has 5 nitrogen and oxygen atoms in total. The van der Waals surface area contributed by atoms with Gasteiger partial charge in [0.05, 0.1) is 0 Å². The van der Waals surface area contributed by atoms with E-state index in [9.17, 15) is 10.2 Å². The fourth-order valence-electron chi connectivity index (χ4n) is 1.55. The van der Waals surface area contributed by atoms with Gasteiger partial charge in [0.2, 0.25) is 5.11 Å². The number of rotatable bonds is 1. The van der Waals surface area contributed by atoms with Crippen LogP contribution in [0.25, 0.3) is 10.8 Å². The van der Waals surface area contributed by atoms with Gasteiger partial charge in [0.15, 0.2) is 5.75 Å². The van der Waals surface area contributed by atoms with Gasteiger partial charge >= 0.3 is 0 Å². The minimum Gasteiger partial charge on any atom is -0.507 e. The molecule has 0 aliphatic carbocycles. The van der Waals surface area contributed by atoms with Gasteiger partial charge in [0.1, 0.15) is 11.4 Å². The Morgan fingerprint density at radius 1 is 1.22 bits per heavy atom. The van der Waals surface area contributed by atoms with Gasteiger partial charge in [-0.1, -0.05) is 24.3 Å². The highest BCUT2D eigenvalue weighted by Gasteiger charge is 2.10. The second-order valence-electron chi connectivity index (χ2n) is 3.56. The first-order chi connectivity index (χ1) is 8.63. The first-order valence-corrected chi connectivity index (χ1v) is 5.61. The van der Waals surface area contributed by atoms with E-state index in [0.29, 0.717) is 10.8 Å². The van der Waals surface area contributed by atoms with Gasteiger partial charge < -0.3 is 15.5 Å². The highest BCUT2D eigenvalue weighted by Crippen LogP contribution is 2.40. The van der Waals surface area contributed by atoms with E-state index in [1.807, 2.05) is 0 Å². The number of hydrogen-bond acceptors (Lipinski definition) is 4. The van der Waals surface area contributed by atoms with Crippen molar-refractivity contribution in [3.63, 3.8) is 0 Å². The molecule has 3 N–H and O–H groups in total. The Bertz CT molecular complexity index is 641. The molecule has 0 aliphatic rings. The summed E-state index contributed by atoms with van der Waals surface area (Å²) in [6, 6.07) is 8.29. The van der Waals surface area contributed by atoms with Crippen molar-refractivity contribution in [2.75, 3.05) is 7.05 Å². The van der Waals surface area contributed by atoms with Crippen molar-refractivity contribution >= 4 is 33.8 Å². The summed E-state index contributed by atoms with van der Waals surface area (Å²) in [4.78, 5) is 0. The average molecular weight is 261 g/mol. The number of phenolic OH excluding ortho intramolecular Hbond substituents is 2. The molecule has 0 fully saturated rings. The van der Waals surface area contributed by atoms with Crippen molar-refractivity contribution in [2.24, 2.45) is 10.2 Å². The number of nitrogens with one attached hydrogen (secondary N) is 1. The molecular formula is C12H11N3O2S. The van der Waals surface area contributed by atoms with Gasteiger partial charge in [-0.2, -0.15) is 0 Å². The van der Waals surface area contributed by atoms with E-state index < -0.39 is 0 Å². The minimum atomic E-state index is -0.0361. The summed E-state index contributed by atoms with van der Waals surface area (Å²) in [6.45, 7) is 0. The minimum absolute atomic E-state index is 0.0349. The van der Waals surface area contributed by atoms with Crippen molar-refractivity contribution in [3.8, 4) is 11.5 Å². The quantitative estimate of drug-likeness (QED) is 0.419. The Morgan fingerprint density at radius 3 is 2.56 bits per heavy atom. The third-order valence-corrected chi connectivity index (χ3v) is 2.72. The number of hydrogen-bond donors (Lipinski definition) is 3. The molecule has 2 aromatic rings. The maximum Gasteiger partial charge on any atom is 0.213 e. The number of aromatic hydroxyl groups is 2.